The fourth-order valence-corrected chi connectivity index (χ4v) is 4.04. The Morgan fingerprint density at radius 1 is 1.40 bits per heavy atom. The van der Waals surface area contributed by atoms with Gasteiger partial charge < -0.3 is 10.1 Å². The molecule has 0 saturated heterocycles. The molecule has 1 aliphatic rings. The lowest BCUT2D eigenvalue weighted by Crippen LogP contribution is -2.27. The van der Waals surface area contributed by atoms with E-state index in [1.807, 2.05) is 38.1 Å². The van der Waals surface area contributed by atoms with Crippen LogP contribution in [0.5, 0.6) is 0 Å². The Bertz CT molecular complexity index is 748. The van der Waals surface area contributed by atoms with Gasteiger partial charge in [0.15, 0.2) is 5.78 Å². The van der Waals surface area contributed by atoms with Gasteiger partial charge in [-0.25, -0.2) is 0 Å². The summed E-state index contributed by atoms with van der Waals surface area (Å²) < 4.78 is 6.34. The Labute approximate surface area is 161 Å². The third-order valence-electron chi connectivity index (χ3n) is 3.91. The van der Waals surface area contributed by atoms with Gasteiger partial charge in [-0.2, -0.15) is 5.26 Å². The first-order valence-corrected chi connectivity index (χ1v) is 9.86. The molecule has 0 aromatic heterocycles. The normalized spacial score (nSPS) is 17.3. The van der Waals surface area contributed by atoms with E-state index in [2.05, 4.69) is 27.3 Å². The summed E-state index contributed by atoms with van der Waals surface area (Å²) in [7, 11) is 0. The molecule has 1 aromatic rings. The highest BCUT2D eigenvalue weighted by Gasteiger charge is 2.32. The summed E-state index contributed by atoms with van der Waals surface area (Å²) in [6.45, 7) is 6.69. The average molecular weight is 421 g/mol. The van der Waals surface area contributed by atoms with Crippen LogP contribution < -0.4 is 5.32 Å². The standard InChI is InChI=1S/C19H21BrN2O2S/c1-4-24-9-10-25-19-16(11-21)18(14-5-7-15(20)8-6-14)17(13(3)23)12(2)22-19/h5-8,18,22H,4,9-10H2,1-3H3. The van der Waals surface area contributed by atoms with Gasteiger partial charge in [0.05, 0.1) is 29.2 Å². The summed E-state index contributed by atoms with van der Waals surface area (Å²) in [5.41, 5.74) is 2.97. The van der Waals surface area contributed by atoms with E-state index >= 15 is 0 Å². The molecule has 0 aliphatic carbocycles. The minimum atomic E-state index is -0.341. The van der Waals surface area contributed by atoms with E-state index in [0.29, 0.717) is 24.4 Å². The minimum absolute atomic E-state index is 0.0240. The van der Waals surface area contributed by atoms with Crippen LogP contribution in [0.15, 0.2) is 50.6 Å². The number of thioether (sulfide) groups is 1. The Kier molecular flexibility index (Phi) is 7.30. The number of rotatable bonds is 7. The monoisotopic (exact) mass is 420 g/mol. The molecule has 0 saturated carbocycles. The SMILES string of the molecule is CCOCCSC1=C(C#N)C(c2ccc(Br)cc2)C(C(C)=O)=C(C)N1. The number of benzene rings is 1. The number of nitrogens with zero attached hydrogens (tertiary/aromatic N) is 1. The Morgan fingerprint density at radius 3 is 2.64 bits per heavy atom. The zero-order chi connectivity index (χ0) is 18.4. The van der Waals surface area contributed by atoms with Crippen molar-refractivity contribution in [3.8, 4) is 6.07 Å². The molecule has 132 valence electrons. The fourth-order valence-electron chi connectivity index (χ4n) is 2.83. The maximum absolute atomic E-state index is 12.3. The largest absolute Gasteiger partial charge is 0.381 e. The van der Waals surface area contributed by atoms with Gasteiger partial charge in [-0.15, -0.1) is 11.8 Å². The third-order valence-corrected chi connectivity index (χ3v) is 5.42. The number of hydrogen-bond acceptors (Lipinski definition) is 5. The van der Waals surface area contributed by atoms with Crippen molar-refractivity contribution in [2.75, 3.05) is 19.0 Å². The highest BCUT2D eigenvalue weighted by Crippen LogP contribution is 2.40. The molecule has 0 spiro atoms. The molecule has 0 radical (unpaired) electrons. The molecule has 1 unspecified atom stereocenters. The van der Waals surface area contributed by atoms with Gasteiger partial charge >= 0.3 is 0 Å². The number of allylic oxidation sites excluding steroid dienone is 3. The Hall–Kier alpha value is -1.55. The number of halogens is 1. The van der Waals surface area contributed by atoms with E-state index in [9.17, 15) is 10.1 Å². The number of carbonyl (C=O) groups is 1. The van der Waals surface area contributed by atoms with Crippen molar-refractivity contribution in [1.82, 2.24) is 5.32 Å². The number of nitriles is 1. The topological polar surface area (TPSA) is 62.1 Å². The molecule has 0 fully saturated rings. The number of ketones is 1. The number of nitrogens with one attached hydrogen (secondary N) is 1. The number of dihydropyridines is 1. The highest BCUT2D eigenvalue weighted by atomic mass is 79.9. The van der Waals surface area contributed by atoms with Gasteiger partial charge in [-0.1, -0.05) is 28.1 Å². The van der Waals surface area contributed by atoms with Gasteiger partial charge in [-0.05, 0) is 38.5 Å². The van der Waals surface area contributed by atoms with Crippen molar-refractivity contribution in [2.45, 2.75) is 26.7 Å². The van der Waals surface area contributed by atoms with Crippen LogP contribution in [-0.4, -0.2) is 24.7 Å². The van der Waals surface area contributed by atoms with Crippen LogP contribution in [0.4, 0.5) is 0 Å². The van der Waals surface area contributed by atoms with Crippen molar-refractivity contribution in [3.63, 3.8) is 0 Å². The van der Waals surface area contributed by atoms with Crippen molar-refractivity contribution in [1.29, 1.82) is 5.26 Å². The Balaban J connectivity index is 2.44. The molecule has 1 aromatic carbocycles. The Morgan fingerprint density at radius 2 is 2.08 bits per heavy atom. The van der Waals surface area contributed by atoms with E-state index in [4.69, 9.17) is 4.74 Å². The summed E-state index contributed by atoms with van der Waals surface area (Å²) in [6.07, 6.45) is 0. The van der Waals surface area contributed by atoms with Gasteiger partial charge in [0, 0.05) is 28.1 Å². The molecule has 0 amide bonds. The number of Topliss-reactive ketones (excluding diaryl/α,β-unsaturated/α-hetero) is 1. The van der Waals surface area contributed by atoms with Crippen molar-refractivity contribution < 1.29 is 9.53 Å². The van der Waals surface area contributed by atoms with Crippen LogP contribution in [0.1, 0.15) is 32.3 Å². The van der Waals surface area contributed by atoms with Crippen molar-refractivity contribution in [2.24, 2.45) is 0 Å². The number of hydrogen-bond donors (Lipinski definition) is 1. The first-order valence-electron chi connectivity index (χ1n) is 8.08. The molecule has 1 N–H and O–H groups in total. The van der Waals surface area contributed by atoms with E-state index in [0.717, 1.165) is 26.5 Å². The van der Waals surface area contributed by atoms with Crippen LogP contribution in [0.3, 0.4) is 0 Å². The molecule has 4 nitrogen and oxygen atoms in total. The quantitative estimate of drug-likeness (QED) is 0.657. The second-order valence-corrected chi connectivity index (χ2v) is 7.63. The molecular weight excluding hydrogens is 400 g/mol. The molecule has 1 heterocycles. The van der Waals surface area contributed by atoms with Crippen molar-refractivity contribution in [3.05, 3.63) is 56.2 Å². The zero-order valence-corrected chi connectivity index (χ0v) is 17.0. The average Bonchev–Trinajstić information content (AvgIpc) is 2.58. The van der Waals surface area contributed by atoms with Gasteiger partial charge in [0.25, 0.3) is 0 Å². The predicted octanol–water partition coefficient (Wildman–Crippen LogP) is 4.50. The first-order chi connectivity index (χ1) is 12.0. The maximum atomic E-state index is 12.3. The zero-order valence-electron chi connectivity index (χ0n) is 14.6. The molecular formula is C19H21BrN2O2S. The minimum Gasteiger partial charge on any atom is -0.381 e. The van der Waals surface area contributed by atoms with Crippen molar-refractivity contribution >= 4 is 33.5 Å². The van der Waals surface area contributed by atoms with Crippen LogP contribution >= 0.6 is 27.7 Å². The van der Waals surface area contributed by atoms with Crippen LogP contribution in [0.25, 0.3) is 0 Å². The summed E-state index contributed by atoms with van der Waals surface area (Å²) in [5.74, 6) is 0.382. The lowest BCUT2D eigenvalue weighted by atomic mass is 9.81. The summed E-state index contributed by atoms with van der Waals surface area (Å²) >= 11 is 4.99. The molecule has 2 rings (SSSR count). The van der Waals surface area contributed by atoms with E-state index in [-0.39, 0.29) is 11.7 Å². The van der Waals surface area contributed by atoms with Gasteiger partial charge in [-0.3, -0.25) is 4.79 Å². The molecule has 1 atom stereocenters. The lowest BCUT2D eigenvalue weighted by molar-refractivity contribution is -0.113. The predicted molar refractivity (Wildman–Crippen MR) is 105 cm³/mol. The second-order valence-electron chi connectivity index (χ2n) is 5.60. The van der Waals surface area contributed by atoms with E-state index in [1.54, 1.807) is 18.7 Å². The third kappa shape index (κ3) is 4.75. The van der Waals surface area contributed by atoms with E-state index < -0.39 is 0 Å². The van der Waals surface area contributed by atoms with Gasteiger partial charge in [0.2, 0.25) is 0 Å². The molecule has 6 heteroatoms. The summed E-state index contributed by atoms with van der Waals surface area (Å²) in [6, 6.07) is 10.1. The van der Waals surface area contributed by atoms with Gasteiger partial charge in [0.1, 0.15) is 0 Å². The lowest BCUT2D eigenvalue weighted by Gasteiger charge is -2.29. The van der Waals surface area contributed by atoms with E-state index in [1.165, 1.54) is 0 Å². The van der Waals surface area contributed by atoms with Crippen LogP contribution in [-0.2, 0) is 9.53 Å². The second kappa shape index (κ2) is 9.23. The number of ether oxygens (including phenoxy) is 1. The molecule has 1 aliphatic heterocycles. The van der Waals surface area contributed by atoms with Crippen LogP contribution in [0.2, 0.25) is 0 Å². The fraction of sp³-hybridized carbons (Fsp3) is 0.368. The smallest absolute Gasteiger partial charge is 0.158 e. The van der Waals surface area contributed by atoms with Crippen LogP contribution in [0, 0.1) is 11.3 Å². The molecule has 0 bridgehead atoms. The molecule has 25 heavy (non-hydrogen) atoms. The number of carbonyl (C=O) groups excluding carboxylic acids is 1. The summed E-state index contributed by atoms with van der Waals surface area (Å²) in [4.78, 5) is 12.3. The maximum Gasteiger partial charge on any atom is 0.158 e. The first kappa shape index (κ1) is 19.8. The summed E-state index contributed by atoms with van der Waals surface area (Å²) in [5, 5.41) is 13.9. The highest BCUT2D eigenvalue weighted by molar-refractivity contribution is 9.10.